The van der Waals surface area contributed by atoms with Gasteiger partial charge in [0.25, 0.3) is 10.0 Å². The monoisotopic (exact) mass is 406 g/mol. The molecule has 5 nitrogen and oxygen atoms in total. The van der Waals surface area contributed by atoms with Crippen LogP contribution < -0.4 is 10.0 Å². The van der Waals surface area contributed by atoms with E-state index in [0.29, 0.717) is 11.4 Å². The van der Waals surface area contributed by atoms with Crippen LogP contribution in [0, 0.1) is 12.8 Å². The van der Waals surface area contributed by atoms with Crippen molar-refractivity contribution in [2.24, 2.45) is 5.92 Å². The molecule has 2 aromatic rings. The zero-order chi connectivity index (χ0) is 20.2. The van der Waals surface area contributed by atoms with Crippen LogP contribution in [0.5, 0.6) is 0 Å². The van der Waals surface area contributed by atoms with E-state index < -0.39 is 10.0 Å². The number of carbonyl (C=O) groups is 1. The molecule has 0 aliphatic heterocycles. The number of amides is 1. The lowest BCUT2D eigenvalue weighted by Gasteiger charge is -2.16. The number of benzene rings is 2. The lowest BCUT2D eigenvalue weighted by molar-refractivity contribution is -0.118. The average molecular weight is 407 g/mol. The second kappa shape index (κ2) is 8.80. The molecule has 0 saturated heterocycles. The van der Waals surface area contributed by atoms with E-state index in [9.17, 15) is 13.2 Å². The summed E-state index contributed by atoms with van der Waals surface area (Å²) in [5.41, 5.74) is 2.92. The summed E-state index contributed by atoms with van der Waals surface area (Å²) in [5, 5.41) is 2.82. The van der Waals surface area contributed by atoms with E-state index in [0.717, 1.165) is 22.4 Å². The van der Waals surface area contributed by atoms with Crippen molar-refractivity contribution < 1.29 is 13.2 Å². The fourth-order valence-electron chi connectivity index (χ4n) is 2.59. The van der Waals surface area contributed by atoms with Crippen molar-refractivity contribution in [3.05, 3.63) is 47.5 Å². The van der Waals surface area contributed by atoms with Gasteiger partial charge in [0.05, 0.1) is 16.3 Å². The smallest absolute Gasteiger partial charge is 0.261 e. The first kappa shape index (κ1) is 21.3. The van der Waals surface area contributed by atoms with Crippen molar-refractivity contribution in [2.75, 3.05) is 16.3 Å². The Kier molecular flexibility index (Phi) is 6.95. The molecule has 0 saturated carbocycles. The van der Waals surface area contributed by atoms with Gasteiger partial charge in [-0.3, -0.25) is 9.52 Å². The van der Waals surface area contributed by atoms with Crippen molar-refractivity contribution in [1.29, 1.82) is 0 Å². The Morgan fingerprint density at radius 1 is 1.19 bits per heavy atom. The maximum Gasteiger partial charge on any atom is 0.261 e. The van der Waals surface area contributed by atoms with Gasteiger partial charge in [0.15, 0.2) is 0 Å². The molecule has 0 fully saturated rings. The van der Waals surface area contributed by atoms with Crippen LogP contribution in [0.3, 0.4) is 0 Å². The summed E-state index contributed by atoms with van der Waals surface area (Å²) < 4.78 is 28.6. The van der Waals surface area contributed by atoms with Crippen LogP contribution in [0.2, 0.25) is 0 Å². The second-order valence-electron chi connectivity index (χ2n) is 6.57. The van der Waals surface area contributed by atoms with Crippen molar-refractivity contribution >= 4 is 39.1 Å². The second-order valence-corrected chi connectivity index (χ2v) is 9.10. The van der Waals surface area contributed by atoms with Gasteiger partial charge in [0, 0.05) is 10.8 Å². The molecule has 0 heterocycles. The van der Waals surface area contributed by atoms with Crippen molar-refractivity contribution in [1.82, 2.24) is 0 Å². The van der Waals surface area contributed by atoms with Gasteiger partial charge in [-0.05, 0) is 48.9 Å². The van der Waals surface area contributed by atoms with E-state index in [4.69, 9.17) is 0 Å². The van der Waals surface area contributed by atoms with Gasteiger partial charge in [-0.15, -0.1) is 11.8 Å². The highest BCUT2D eigenvalue weighted by Crippen LogP contribution is 2.30. The SMILES string of the molecule is CCc1cccc(C)c1NS(=O)(=O)c1ccc(SC)c(NC(=O)C(C)C)c1. The molecule has 2 N–H and O–H groups in total. The first-order valence-electron chi connectivity index (χ1n) is 8.79. The predicted octanol–water partition coefficient (Wildman–Crippen LogP) is 4.67. The maximum atomic E-state index is 13.0. The summed E-state index contributed by atoms with van der Waals surface area (Å²) in [6.07, 6.45) is 2.61. The highest BCUT2D eigenvalue weighted by atomic mass is 32.2. The van der Waals surface area contributed by atoms with Gasteiger partial charge in [-0.1, -0.05) is 39.0 Å². The van der Waals surface area contributed by atoms with E-state index >= 15 is 0 Å². The zero-order valence-electron chi connectivity index (χ0n) is 16.3. The van der Waals surface area contributed by atoms with Crippen molar-refractivity contribution in [3.8, 4) is 0 Å². The van der Waals surface area contributed by atoms with E-state index in [1.54, 1.807) is 26.0 Å². The number of anilines is 2. The topological polar surface area (TPSA) is 75.3 Å². The molecule has 2 rings (SSSR count). The van der Waals surface area contributed by atoms with Crippen LogP contribution in [0.1, 0.15) is 31.9 Å². The molecule has 0 unspecified atom stereocenters. The van der Waals surface area contributed by atoms with Crippen LogP contribution in [0.15, 0.2) is 46.2 Å². The van der Waals surface area contributed by atoms with Crippen LogP contribution in [-0.2, 0) is 21.2 Å². The van der Waals surface area contributed by atoms with Gasteiger partial charge in [-0.25, -0.2) is 8.42 Å². The zero-order valence-corrected chi connectivity index (χ0v) is 17.9. The Bertz CT molecular complexity index is 938. The summed E-state index contributed by atoms with van der Waals surface area (Å²) in [5.74, 6) is -0.350. The molecule has 0 radical (unpaired) electrons. The van der Waals surface area contributed by atoms with Gasteiger partial charge in [0.1, 0.15) is 0 Å². The summed E-state index contributed by atoms with van der Waals surface area (Å²) >= 11 is 1.45. The molecular formula is C20H26N2O3S2. The fraction of sp³-hybridized carbons (Fsp3) is 0.350. The minimum Gasteiger partial charge on any atom is -0.325 e. The lowest BCUT2D eigenvalue weighted by Crippen LogP contribution is -2.19. The minimum absolute atomic E-state index is 0.115. The summed E-state index contributed by atoms with van der Waals surface area (Å²) in [7, 11) is -3.78. The summed E-state index contributed by atoms with van der Waals surface area (Å²) in [6, 6.07) is 10.5. The molecule has 146 valence electrons. The molecule has 1 amide bonds. The van der Waals surface area contributed by atoms with E-state index in [1.807, 2.05) is 38.3 Å². The molecule has 7 heteroatoms. The Labute approximate surface area is 166 Å². The first-order valence-corrected chi connectivity index (χ1v) is 11.5. The van der Waals surface area contributed by atoms with Crippen LogP contribution in [-0.4, -0.2) is 20.6 Å². The molecule has 0 bridgehead atoms. The lowest BCUT2D eigenvalue weighted by atomic mass is 10.1. The molecule has 0 aliphatic rings. The molecule has 0 aliphatic carbocycles. The quantitative estimate of drug-likeness (QED) is 0.655. The van der Waals surface area contributed by atoms with E-state index in [2.05, 4.69) is 10.0 Å². The molecular weight excluding hydrogens is 380 g/mol. The number of aryl methyl sites for hydroxylation is 2. The summed E-state index contributed by atoms with van der Waals surface area (Å²) in [6.45, 7) is 7.45. The Morgan fingerprint density at radius 2 is 1.89 bits per heavy atom. The first-order chi connectivity index (χ1) is 12.7. The number of rotatable bonds is 7. The standard InChI is InChI=1S/C20H26N2O3S2/c1-6-15-9-7-8-14(4)19(15)22-27(24,25)16-10-11-18(26-5)17(12-16)21-20(23)13(2)3/h7-13,22H,6H2,1-5H3,(H,21,23). The van der Waals surface area contributed by atoms with Gasteiger partial charge in [-0.2, -0.15) is 0 Å². The molecule has 0 aromatic heterocycles. The van der Waals surface area contributed by atoms with Crippen LogP contribution in [0.25, 0.3) is 0 Å². The van der Waals surface area contributed by atoms with Gasteiger partial charge >= 0.3 is 0 Å². The highest BCUT2D eigenvalue weighted by Gasteiger charge is 2.20. The average Bonchev–Trinajstić information content (AvgIpc) is 2.63. The Morgan fingerprint density at radius 3 is 2.48 bits per heavy atom. The van der Waals surface area contributed by atoms with E-state index in [1.165, 1.54) is 17.8 Å². The van der Waals surface area contributed by atoms with Crippen molar-refractivity contribution in [2.45, 2.75) is 43.9 Å². The number of sulfonamides is 1. The Balaban J connectivity index is 2.43. The minimum atomic E-state index is -3.78. The van der Waals surface area contributed by atoms with E-state index in [-0.39, 0.29) is 16.7 Å². The highest BCUT2D eigenvalue weighted by molar-refractivity contribution is 7.98. The summed E-state index contributed by atoms with van der Waals surface area (Å²) in [4.78, 5) is 13.0. The number of thioether (sulfide) groups is 1. The molecule has 2 aromatic carbocycles. The molecule has 0 spiro atoms. The largest absolute Gasteiger partial charge is 0.325 e. The maximum absolute atomic E-state index is 13.0. The van der Waals surface area contributed by atoms with Crippen LogP contribution >= 0.6 is 11.8 Å². The van der Waals surface area contributed by atoms with Gasteiger partial charge in [0.2, 0.25) is 5.91 Å². The predicted molar refractivity (Wildman–Crippen MR) is 113 cm³/mol. The third kappa shape index (κ3) is 5.05. The molecule has 27 heavy (non-hydrogen) atoms. The Hall–Kier alpha value is -1.99. The fourth-order valence-corrected chi connectivity index (χ4v) is 4.32. The normalized spacial score (nSPS) is 11.5. The number of hydrogen-bond donors (Lipinski definition) is 2. The third-order valence-electron chi connectivity index (χ3n) is 4.24. The molecule has 0 atom stereocenters. The number of carbonyl (C=O) groups excluding carboxylic acids is 1. The number of nitrogens with one attached hydrogen (secondary N) is 2. The third-order valence-corrected chi connectivity index (χ3v) is 6.38. The number of para-hydroxylation sites is 1. The van der Waals surface area contributed by atoms with Crippen molar-refractivity contribution in [3.63, 3.8) is 0 Å². The van der Waals surface area contributed by atoms with Gasteiger partial charge < -0.3 is 5.32 Å². The number of hydrogen-bond acceptors (Lipinski definition) is 4. The van der Waals surface area contributed by atoms with Crippen LogP contribution in [0.4, 0.5) is 11.4 Å².